The first kappa shape index (κ1) is 19.3. The number of aromatic nitrogens is 2. The second-order valence-corrected chi connectivity index (χ2v) is 6.93. The van der Waals surface area contributed by atoms with Crippen LogP contribution >= 0.6 is 0 Å². The fourth-order valence-electron chi connectivity index (χ4n) is 3.18. The van der Waals surface area contributed by atoms with Crippen molar-refractivity contribution in [1.82, 2.24) is 19.8 Å². The quantitative estimate of drug-likeness (QED) is 0.784. The summed E-state index contributed by atoms with van der Waals surface area (Å²) in [6.45, 7) is 8.30. The van der Waals surface area contributed by atoms with E-state index >= 15 is 0 Å². The molecule has 1 aromatic carbocycles. The molecule has 0 aliphatic carbocycles. The van der Waals surface area contributed by atoms with Crippen molar-refractivity contribution in [2.45, 2.75) is 33.2 Å². The van der Waals surface area contributed by atoms with Crippen LogP contribution in [-0.2, 0) is 17.8 Å². The molecule has 1 fully saturated rings. The van der Waals surface area contributed by atoms with Gasteiger partial charge in [0.05, 0.1) is 5.69 Å². The third-order valence-electron chi connectivity index (χ3n) is 4.79. The highest BCUT2D eigenvalue weighted by Gasteiger charge is 2.20. The molecule has 6 heteroatoms. The van der Waals surface area contributed by atoms with Crippen molar-refractivity contribution in [3.63, 3.8) is 0 Å². The minimum Gasteiger partial charge on any atom is -0.484 e. The molecular weight excluding hydrogens is 340 g/mol. The van der Waals surface area contributed by atoms with Crippen molar-refractivity contribution < 1.29 is 9.53 Å². The lowest BCUT2D eigenvalue weighted by atomic mass is 10.2. The molecule has 144 valence electrons. The Morgan fingerprint density at radius 2 is 1.93 bits per heavy atom. The van der Waals surface area contributed by atoms with Gasteiger partial charge in [-0.15, -0.1) is 0 Å². The Kier molecular flexibility index (Phi) is 6.76. The minimum atomic E-state index is 0.0488. The van der Waals surface area contributed by atoms with Crippen LogP contribution in [0.25, 0.3) is 0 Å². The van der Waals surface area contributed by atoms with Gasteiger partial charge in [0.2, 0.25) is 0 Å². The Morgan fingerprint density at radius 3 is 2.70 bits per heavy atom. The van der Waals surface area contributed by atoms with Crippen molar-refractivity contribution in [1.29, 1.82) is 0 Å². The third kappa shape index (κ3) is 5.76. The molecular formula is C21H28N4O2. The number of aryl methyl sites for hydroxylation is 2. The first-order chi connectivity index (χ1) is 13.1. The molecule has 1 aliphatic heterocycles. The number of ether oxygens (including phenoxy) is 1. The molecule has 1 aliphatic rings. The Morgan fingerprint density at radius 1 is 1.11 bits per heavy atom. The van der Waals surface area contributed by atoms with Crippen LogP contribution in [0, 0.1) is 6.92 Å². The Bertz CT molecular complexity index is 748. The van der Waals surface area contributed by atoms with E-state index in [4.69, 9.17) is 4.74 Å². The lowest BCUT2D eigenvalue weighted by Gasteiger charge is -2.22. The van der Waals surface area contributed by atoms with E-state index in [9.17, 15) is 4.79 Å². The average molecular weight is 368 g/mol. The molecule has 27 heavy (non-hydrogen) atoms. The average Bonchev–Trinajstić information content (AvgIpc) is 2.93. The Balaban J connectivity index is 1.48. The normalized spacial score (nSPS) is 15.4. The van der Waals surface area contributed by atoms with E-state index in [-0.39, 0.29) is 12.5 Å². The lowest BCUT2D eigenvalue weighted by molar-refractivity contribution is -0.133. The lowest BCUT2D eigenvalue weighted by Crippen LogP contribution is -2.38. The van der Waals surface area contributed by atoms with Gasteiger partial charge in [0.25, 0.3) is 5.91 Å². The van der Waals surface area contributed by atoms with Gasteiger partial charge in [0.1, 0.15) is 11.6 Å². The molecule has 1 saturated heterocycles. The van der Waals surface area contributed by atoms with Gasteiger partial charge in [-0.3, -0.25) is 9.69 Å². The summed E-state index contributed by atoms with van der Waals surface area (Å²) in [5.74, 6) is 1.67. The first-order valence-corrected chi connectivity index (χ1v) is 9.64. The monoisotopic (exact) mass is 368 g/mol. The number of benzene rings is 1. The van der Waals surface area contributed by atoms with E-state index in [1.54, 1.807) is 0 Å². The van der Waals surface area contributed by atoms with E-state index in [1.165, 1.54) is 5.56 Å². The van der Waals surface area contributed by atoms with Crippen LogP contribution in [0.2, 0.25) is 0 Å². The number of hydrogen-bond acceptors (Lipinski definition) is 5. The highest BCUT2D eigenvalue weighted by molar-refractivity contribution is 5.77. The van der Waals surface area contributed by atoms with Crippen molar-refractivity contribution in [2.24, 2.45) is 0 Å². The maximum atomic E-state index is 12.5. The predicted molar refractivity (Wildman–Crippen MR) is 105 cm³/mol. The summed E-state index contributed by atoms with van der Waals surface area (Å²) in [5.41, 5.74) is 2.22. The van der Waals surface area contributed by atoms with Gasteiger partial charge >= 0.3 is 0 Å². The number of rotatable bonds is 6. The SMILES string of the molecule is CCc1nccc(CN2CCCN(C(=O)COc3ccc(C)cc3)CC2)n1. The van der Waals surface area contributed by atoms with E-state index in [2.05, 4.69) is 21.8 Å². The molecule has 2 aromatic rings. The molecule has 6 nitrogen and oxygen atoms in total. The van der Waals surface area contributed by atoms with Gasteiger partial charge in [-0.2, -0.15) is 0 Å². The van der Waals surface area contributed by atoms with Crippen molar-refractivity contribution in [3.05, 3.63) is 53.6 Å². The highest BCUT2D eigenvalue weighted by atomic mass is 16.5. The third-order valence-corrected chi connectivity index (χ3v) is 4.79. The Labute approximate surface area is 161 Å². The summed E-state index contributed by atoms with van der Waals surface area (Å²) >= 11 is 0. The second kappa shape index (κ2) is 9.46. The molecule has 0 unspecified atom stereocenters. The summed E-state index contributed by atoms with van der Waals surface area (Å²) in [6.07, 6.45) is 3.64. The smallest absolute Gasteiger partial charge is 0.260 e. The standard InChI is InChI=1S/C21H28N4O2/c1-3-20-22-10-9-18(23-20)15-24-11-4-12-25(14-13-24)21(26)16-27-19-7-5-17(2)6-8-19/h5-10H,3-4,11-16H2,1-2H3. The highest BCUT2D eigenvalue weighted by Crippen LogP contribution is 2.12. The fourth-order valence-corrected chi connectivity index (χ4v) is 3.18. The molecule has 1 aromatic heterocycles. The van der Waals surface area contributed by atoms with Crippen LogP contribution in [0.15, 0.2) is 36.5 Å². The summed E-state index contributed by atoms with van der Waals surface area (Å²) < 4.78 is 5.64. The van der Waals surface area contributed by atoms with Crippen LogP contribution in [0.4, 0.5) is 0 Å². The zero-order valence-electron chi connectivity index (χ0n) is 16.2. The van der Waals surface area contributed by atoms with E-state index in [0.29, 0.717) is 0 Å². The zero-order valence-corrected chi connectivity index (χ0v) is 16.2. The molecule has 0 bridgehead atoms. The van der Waals surface area contributed by atoms with Gasteiger partial charge in [-0.05, 0) is 31.5 Å². The summed E-state index contributed by atoms with van der Waals surface area (Å²) in [4.78, 5) is 25.6. The van der Waals surface area contributed by atoms with Crippen molar-refractivity contribution >= 4 is 5.91 Å². The largest absolute Gasteiger partial charge is 0.484 e. The van der Waals surface area contributed by atoms with Gasteiger partial charge in [-0.1, -0.05) is 24.6 Å². The van der Waals surface area contributed by atoms with Gasteiger partial charge < -0.3 is 9.64 Å². The zero-order chi connectivity index (χ0) is 19.1. The predicted octanol–water partition coefficient (Wildman–Crippen LogP) is 2.46. The molecule has 0 N–H and O–H groups in total. The maximum Gasteiger partial charge on any atom is 0.260 e. The summed E-state index contributed by atoms with van der Waals surface area (Å²) in [7, 11) is 0. The number of nitrogens with zero attached hydrogens (tertiary/aromatic N) is 4. The van der Waals surface area contributed by atoms with Crippen molar-refractivity contribution in [3.8, 4) is 5.75 Å². The second-order valence-electron chi connectivity index (χ2n) is 6.93. The van der Waals surface area contributed by atoms with Crippen LogP contribution in [0.1, 0.15) is 30.4 Å². The van der Waals surface area contributed by atoms with E-state index in [0.717, 1.165) is 62.8 Å². The number of hydrogen-bond donors (Lipinski definition) is 0. The molecule has 0 saturated carbocycles. The molecule has 3 rings (SSSR count). The Hall–Kier alpha value is -2.47. The van der Waals surface area contributed by atoms with E-state index < -0.39 is 0 Å². The molecule has 0 spiro atoms. The van der Waals surface area contributed by atoms with Crippen LogP contribution in [-0.4, -0.2) is 58.5 Å². The molecule has 1 amide bonds. The number of carbonyl (C=O) groups is 1. The summed E-state index contributed by atoms with van der Waals surface area (Å²) in [6, 6.07) is 9.75. The molecule has 0 radical (unpaired) electrons. The first-order valence-electron chi connectivity index (χ1n) is 9.64. The fraction of sp³-hybridized carbons (Fsp3) is 0.476. The van der Waals surface area contributed by atoms with Crippen LogP contribution < -0.4 is 4.74 Å². The number of amides is 1. The molecule has 2 heterocycles. The van der Waals surface area contributed by atoms with Crippen molar-refractivity contribution in [2.75, 3.05) is 32.8 Å². The summed E-state index contributed by atoms with van der Waals surface area (Å²) in [5, 5.41) is 0. The van der Waals surface area contributed by atoms with Gasteiger partial charge in [0, 0.05) is 45.3 Å². The van der Waals surface area contributed by atoms with Crippen LogP contribution in [0.5, 0.6) is 5.75 Å². The van der Waals surface area contributed by atoms with Gasteiger partial charge in [0.15, 0.2) is 6.61 Å². The topological polar surface area (TPSA) is 58.6 Å². The maximum absolute atomic E-state index is 12.5. The molecule has 0 atom stereocenters. The van der Waals surface area contributed by atoms with E-state index in [1.807, 2.05) is 48.4 Å². The van der Waals surface area contributed by atoms with Gasteiger partial charge in [-0.25, -0.2) is 9.97 Å². The van der Waals surface area contributed by atoms with Crippen LogP contribution in [0.3, 0.4) is 0 Å². The minimum absolute atomic E-state index is 0.0488. The number of carbonyl (C=O) groups excluding carboxylic acids is 1.